The number of benzene rings is 1. The molecule has 17 heavy (non-hydrogen) atoms. The number of aryl methyl sites for hydroxylation is 3. The molecule has 0 bridgehead atoms. The summed E-state index contributed by atoms with van der Waals surface area (Å²) in [6.07, 6.45) is 2.05. The molecule has 90 valence electrons. The highest BCUT2D eigenvalue weighted by Crippen LogP contribution is 2.26. The van der Waals surface area contributed by atoms with Crippen LogP contribution in [0.5, 0.6) is 0 Å². The Kier molecular flexibility index (Phi) is 3.52. The maximum absolute atomic E-state index is 4.33. The molecule has 0 aliphatic heterocycles. The summed E-state index contributed by atoms with van der Waals surface area (Å²) in [7, 11) is 1.94. The van der Waals surface area contributed by atoms with Crippen molar-refractivity contribution in [2.24, 2.45) is 7.05 Å². The quantitative estimate of drug-likeness (QED) is 0.940. The molecular weight excluding hydrogens is 278 g/mol. The third-order valence-corrected chi connectivity index (χ3v) is 3.83. The summed E-state index contributed by atoms with van der Waals surface area (Å²) in [5, 5.41) is 7.75. The summed E-state index contributed by atoms with van der Waals surface area (Å²) in [6.45, 7) is 4.91. The van der Waals surface area contributed by atoms with E-state index in [9.17, 15) is 0 Å². The Morgan fingerprint density at radius 1 is 1.35 bits per heavy atom. The number of nitrogens with one attached hydrogen (secondary N) is 1. The lowest BCUT2D eigenvalue weighted by Gasteiger charge is -2.09. The minimum absolute atomic E-state index is 0.793. The fourth-order valence-corrected chi connectivity index (χ4v) is 2.20. The van der Waals surface area contributed by atoms with Gasteiger partial charge in [0.2, 0.25) is 0 Å². The minimum Gasteiger partial charge on any atom is -0.380 e. The Morgan fingerprint density at radius 3 is 2.76 bits per heavy atom. The fourth-order valence-electron chi connectivity index (χ4n) is 1.80. The van der Waals surface area contributed by atoms with E-state index in [4.69, 9.17) is 0 Å². The van der Waals surface area contributed by atoms with E-state index in [0.717, 1.165) is 22.4 Å². The summed E-state index contributed by atoms with van der Waals surface area (Å²) in [5.41, 5.74) is 4.65. The Labute approximate surface area is 110 Å². The standard InChI is InChI=1S/C13H16BrN3/c1-9-5-4-6-12(13(9)14)15-7-11-8-17(3)16-10(11)2/h4-6,8,15H,7H2,1-3H3. The SMILES string of the molecule is Cc1cccc(NCc2cn(C)nc2C)c1Br. The first-order valence-electron chi connectivity index (χ1n) is 5.56. The lowest BCUT2D eigenvalue weighted by molar-refractivity contribution is 0.756. The molecule has 0 amide bonds. The van der Waals surface area contributed by atoms with Gasteiger partial charge in [-0.05, 0) is 41.4 Å². The molecule has 0 aliphatic carbocycles. The average Bonchev–Trinajstić information content (AvgIpc) is 2.60. The molecule has 0 spiro atoms. The van der Waals surface area contributed by atoms with Crippen molar-refractivity contribution in [3.05, 3.63) is 45.7 Å². The topological polar surface area (TPSA) is 29.9 Å². The van der Waals surface area contributed by atoms with Crippen molar-refractivity contribution < 1.29 is 0 Å². The van der Waals surface area contributed by atoms with Gasteiger partial charge in [-0.1, -0.05) is 12.1 Å². The van der Waals surface area contributed by atoms with E-state index >= 15 is 0 Å². The van der Waals surface area contributed by atoms with Crippen LogP contribution in [0.1, 0.15) is 16.8 Å². The molecule has 4 heteroatoms. The third kappa shape index (κ3) is 2.69. The van der Waals surface area contributed by atoms with E-state index < -0.39 is 0 Å². The van der Waals surface area contributed by atoms with Crippen molar-refractivity contribution in [2.45, 2.75) is 20.4 Å². The average molecular weight is 294 g/mol. The Bertz CT molecular complexity index is 531. The zero-order chi connectivity index (χ0) is 12.4. The van der Waals surface area contributed by atoms with Crippen LogP contribution in [-0.2, 0) is 13.6 Å². The van der Waals surface area contributed by atoms with E-state index in [-0.39, 0.29) is 0 Å². The number of rotatable bonds is 3. The van der Waals surface area contributed by atoms with Gasteiger partial charge >= 0.3 is 0 Å². The zero-order valence-corrected chi connectivity index (χ0v) is 11.9. The second-order valence-electron chi connectivity index (χ2n) is 4.20. The second-order valence-corrected chi connectivity index (χ2v) is 5.00. The highest BCUT2D eigenvalue weighted by Gasteiger charge is 2.05. The monoisotopic (exact) mass is 293 g/mol. The minimum atomic E-state index is 0.793. The molecule has 0 unspecified atom stereocenters. The van der Waals surface area contributed by atoms with Crippen LogP contribution < -0.4 is 5.32 Å². The van der Waals surface area contributed by atoms with Crippen molar-refractivity contribution >= 4 is 21.6 Å². The van der Waals surface area contributed by atoms with Gasteiger partial charge in [0, 0.05) is 35.5 Å². The molecule has 2 rings (SSSR count). The number of hydrogen-bond acceptors (Lipinski definition) is 2. The number of nitrogens with zero attached hydrogens (tertiary/aromatic N) is 2. The molecule has 1 heterocycles. The van der Waals surface area contributed by atoms with E-state index in [1.54, 1.807) is 0 Å². The van der Waals surface area contributed by atoms with Crippen LogP contribution in [0.15, 0.2) is 28.9 Å². The first kappa shape index (κ1) is 12.2. The molecule has 3 nitrogen and oxygen atoms in total. The number of halogens is 1. The van der Waals surface area contributed by atoms with Crippen LogP contribution in [-0.4, -0.2) is 9.78 Å². The second kappa shape index (κ2) is 4.92. The molecule has 1 aromatic carbocycles. The van der Waals surface area contributed by atoms with Crippen LogP contribution in [0, 0.1) is 13.8 Å². The lowest BCUT2D eigenvalue weighted by Crippen LogP contribution is -2.01. The molecule has 0 atom stereocenters. The van der Waals surface area contributed by atoms with Gasteiger partial charge < -0.3 is 5.32 Å². The van der Waals surface area contributed by atoms with Crippen molar-refractivity contribution in [3.63, 3.8) is 0 Å². The summed E-state index contributed by atoms with van der Waals surface area (Å²) >= 11 is 3.59. The summed E-state index contributed by atoms with van der Waals surface area (Å²) < 4.78 is 2.97. The summed E-state index contributed by atoms with van der Waals surface area (Å²) in [5.74, 6) is 0. The molecule has 0 radical (unpaired) electrons. The van der Waals surface area contributed by atoms with Gasteiger partial charge in [-0.3, -0.25) is 4.68 Å². The highest BCUT2D eigenvalue weighted by atomic mass is 79.9. The largest absolute Gasteiger partial charge is 0.380 e. The Morgan fingerprint density at radius 2 is 2.12 bits per heavy atom. The maximum Gasteiger partial charge on any atom is 0.0643 e. The van der Waals surface area contributed by atoms with Crippen molar-refractivity contribution in [1.29, 1.82) is 0 Å². The molecule has 2 aromatic rings. The summed E-state index contributed by atoms with van der Waals surface area (Å²) in [4.78, 5) is 0. The predicted molar refractivity (Wildman–Crippen MR) is 74.2 cm³/mol. The fraction of sp³-hybridized carbons (Fsp3) is 0.308. The van der Waals surface area contributed by atoms with Crippen LogP contribution in [0.25, 0.3) is 0 Å². The number of anilines is 1. The van der Waals surface area contributed by atoms with Gasteiger partial charge in [0.15, 0.2) is 0 Å². The van der Waals surface area contributed by atoms with Crippen LogP contribution in [0.4, 0.5) is 5.69 Å². The van der Waals surface area contributed by atoms with Crippen molar-refractivity contribution in [3.8, 4) is 0 Å². The van der Waals surface area contributed by atoms with E-state index in [0.29, 0.717) is 0 Å². The molecular formula is C13H16BrN3. The molecule has 0 fully saturated rings. The van der Waals surface area contributed by atoms with E-state index in [1.165, 1.54) is 11.1 Å². The first-order valence-corrected chi connectivity index (χ1v) is 6.35. The molecule has 0 saturated carbocycles. The Hall–Kier alpha value is -1.29. The van der Waals surface area contributed by atoms with E-state index in [1.807, 2.05) is 24.9 Å². The van der Waals surface area contributed by atoms with Gasteiger partial charge in [0.25, 0.3) is 0 Å². The molecule has 0 saturated heterocycles. The third-order valence-electron chi connectivity index (χ3n) is 2.78. The normalized spacial score (nSPS) is 10.6. The predicted octanol–water partition coefficient (Wildman–Crippen LogP) is 3.41. The van der Waals surface area contributed by atoms with Crippen LogP contribution in [0.3, 0.4) is 0 Å². The maximum atomic E-state index is 4.33. The zero-order valence-electron chi connectivity index (χ0n) is 10.3. The van der Waals surface area contributed by atoms with Gasteiger partial charge in [0.1, 0.15) is 0 Å². The van der Waals surface area contributed by atoms with Gasteiger partial charge in [0.05, 0.1) is 5.69 Å². The summed E-state index contributed by atoms with van der Waals surface area (Å²) in [6, 6.07) is 6.21. The Balaban J connectivity index is 2.12. The van der Waals surface area contributed by atoms with Crippen LogP contribution in [0.2, 0.25) is 0 Å². The van der Waals surface area contributed by atoms with E-state index in [2.05, 4.69) is 51.5 Å². The first-order chi connectivity index (χ1) is 8.08. The lowest BCUT2D eigenvalue weighted by atomic mass is 10.2. The molecule has 1 N–H and O–H groups in total. The van der Waals surface area contributed by atoms with Crippen molar-refractivity contribution in [1.82, 2.24) is 9.78 Å². The van der Waals surface area contributed by atoms with Crippen molar-refractivity contribution in [2.75, 3.05) is 5.32 Å². The smallest absolute Gasteiger partial charge is 0.0643 e. The molecule has 1 aromatic heterocycles. The number of hydrogen-bond donors (Lipinski definition) is 1. The highest BCUT2D eigenvalue weighted by molar-refractivity contribution is 9.10. The van der Waals surface area contributed by atoms with Gasteiger partial charge in [-0.15, -0.1) is 0 Å². The van der Waals surface area contributed by atoms with Gasteiger partial charge in [-0.25, -0.2) is 0 Å². The van der Waals surface area contributed by atoms with Crippen LogP contribution >= 0.6 is 15.9 Å². The molecule has 0 aliphatic rings. The number of aromatic nitrogens is 2. The van der Waals surface area contributed by atoms with Gasteiger partial charge in [-0.2, -0.15) is 5.10 Å².